The van der Waals surface area contributed by atoms with Crippen LogP contribution in [0.4, 0.5) is 17.2 Å². The van der Waals surface area contributed by atoms with Gasteiger partial charge in [-0.1, -0.05) is 17.7 Å². The number of benzene rings is 2. The van der Waals surface area contributed by atoms with Crippen LogP contribution in [0.15, 0.2) is 60.7 Å². The number of anilines is 3. The van der Waals surface area contributed by atoms with Crippen molar-refractivity contribution in [1.29, 1.82) is 0 Å². The molecule has 0 amide bonds. The molecule has 0 saturated carbocycles. The highest BCUT2D eigenvalue weighted by molar-refractivity contribution is 6.30. The number of hydrogen-bond donors (Lipinski definition) is 3. The lowest BCUT2D eigenvalue weighted by Gasteiger charge is -2.08. The second kappa shape index (κ2) is 6.89. The van der Waals surface area contributed by atoms with E-state index >= 15 is 0 Å². The minimum Gasteiger partial charge on any atom is -0.508 e. The summed E-state index contributed by atoms with van der Waals surface area (Å²) in [7, 11) is 0. The summed E-state index contributed by atoms with van der Waals surface area (Å²) in [6.07, 6.45) is 0. The SMILES string of the molecule is Oc1ccc(NCc2nnc3ccc(Nc4cccc(Cl)c4)nn23)cc1. The molecule has 2 heterocycles. The topological polar surface area (TPSA) is 87.4 Å². The summed E-state index contributed by atoms with van der Waals surface area (Å²) in [4.78, 5) is 0. The van der Waals surface area contributed by atoms with Crippen molar-refractivity contribution in [2.24, 2.45) is 0 Å². The number of aromatic hydroxyl groups is 1. The molecule has 4 aromatic rings. The van der Waals surface area contributed by atoms with E-state index in [1.807, 2.05) is 36.4 Å². The van der Waals surface area contributed by atoms with E-state index in [1.54, 1.807) is 28.8 Å². The number of aromatic nitrogens is 4. The summed E-state index contributed by atoms with van der Waals surface area (Å²) in [5.74, 6) is 1.55. The maximum atomic E-state index is 9.34. The standard InChI is InChI=1S/C18H15ClN6O/c19-12-2-1-3-14(10-12)21-16-8-9-17-22-23-18(25(17)24-16)11-20-13-4-6-15(26)7-5-13/h1-10,20,26H,11H2,(H,21,24). The summed E-state index contributed by atoms with van der Waals surface area (Å²) < 4.78 is 1.68. The van der Waals surface area contributed by atoms with Gasteiger partial charge in [-0.25, -0.2) is 0 Å². The minimum absolute atomic E-state index is 0.224. The van der Waals surface area contributed by atoms with Gasteiger partial charge in [0.1, 0.15) is 5.75 Å². The van der Waals surface area contributed by atoms with Gasteiger partial charge in [-0.15, -0.1) is 15.3 Å². The average molecular weight is 367 g/mol. The second-order valence-electron chi connectivity index (χ2n) is 5.64. The molecule has 7 nitrogen and oxygen atoms in total. The van der Waals surface area contributed by atoms with E-state index in [0.29, 0.717) is 28.9 Å². The molecule has 0 aliphatic rings. The third-order valence-electron chi connectivity index (χ3n) is 3.74. The Balaban J connectivity index is 1.55. The van der Waals surface area contributed by atoms with Crippen molar-refractivity contribution in [1.82, 2.24) is 19.8 Å². The molecule has 130 valence electrons. The smallest absolute Gasteiger partial charge is 0.178 e. The van der Waals surface area contributed by atoms with Crippen molar-refractivity contribution in [2.75, 3.05) is 10.6 Å². The van der Waals surface area contributed by atoms with Crippen molar-refractivity contribution in [3.05, 3.63) is 71.5 Å². The van der Waals surface area contributed by atoms with Crippen LogP contribution in [0, 0.1) is 0 Å². The normalized spacial score (nSPS) is 10.8. The largest absolute Gasteiger partial charge is 0.508 e. The molecule has 0 spiro atoms. The van der Waals surface area contributed by atoms with Crippen LogP contribution in [0.1, 0.15) is 5.82 Å². The summed E-state index contributed by atoms with van der Waals surface area (Å²) in [5.41, 5.74) is 2.37. The van der Waals surface area contributed by atoms with Gasteiger partial charge in [-0.05, 0) is 54.6 Å². The number of nitrogens with zero attached hydrogens (tertiary/aromatic N) is 4. The number of halogens is 1. The van der Waals surface area contributed by atoms with Crippen molar-refractivity contribution in [3.8, 4) is 5.75 Å². The summed E-state index contributed by atoms with van der Waals surface area (Å²) in [6, 6.07) is 17.9. The van der Waals surface area contributed by atoms with Crippen LogP contribution in [0.3, 0.4) is 0 Å². The van der Waals surface area contributed by atoms with E-state index in [4.69, 9.17) is 11.6 Å². The molecule has 0 unspecified atom stereocenters. The third-order valence-corrected chi connectivity index (χ3v) is 3.98. The predicted molar refractivity (Wildman–Crippen MR) is 101 cm³/mol. The van der Waals surface area contributed by atoms with Gasteiger partial charge in [-0.3, -0.25) is 0 Å². The van der Waals surface area contributed by atoms with Crippen LogP contribution in [-0.4, -0.2) is 24.9 Å². The quantitative estimate of drug-likeness (QED) is 0.465. The Labute approximate surface area is 154 Å². The highest BCUT2D eigenvalue weighted by Crippen LogP contribution is 2.19. The first-order chi connectivity index (χ1) is 12.7. The molecule has 0 saturated heterocycles. The molecule has 2 aromatic carbocycles. The van der Waals surface area contributed by atoms with E-state index in [0.717, 1.165) is 11.4 Å². The number of fused-ring (bicyclic) bond motifs is 1. The summed E-state index contributed by atoms with van der Waals surface area (Å²) in [5, 5.41) is 29.3. The molecule has 0 aliphatic heterocycles. The van der Waals surface area contributed by atoms with Crippen LogP contribution in [0.2, 0.25) is 5.02 Å². The van der Waals surface area contributed by atoms with Crippen molar-refractivity contribution >= 4 is 34.4 Å². The highest BCUT2D eigenvalue weighted by atomic mass is 35.5. The molecule has 8 heteroatoms. The number of nitrogens with one attached hydrogen (secondary N) is 2. The van der Waals surface area contributed by atoms with Crippen LogP contribution >= 0.6 is 11.6 Å². The van der Waals surface area contributed by atoms with Gasteiger partial charge in [0.2, 0.25) is 0 Å². The van der Waals surface area contributed by atoms with Gasteiger partial charge in [0.05, 0.1) is 6.54 Å². The Morgan fingerprint density at radius 3 is 2.62 bits per heavy atom. The van der Waals surface area contributed by atoms with Crippen molar-refractivity contribution in [3.63, 3.8) is 0 Å². The van der Waals surface area contributed by atoms with E-state index in [2.05, 4.69) is 25.9 Å². The molecule has 0 radical (unpaired) electrons. The zero-order valence-electron chi connectivity index (χ0n) is 13.6. The number of hydrogen-bond acceptors (Lipinski definition) is 6. The first-order valence-electron chi connectivity index (χ1n) is 7.94. The zero-order valence-corrected chi connectivity index (χ0v) is 14.4. The maximum Gasteiger partial charge on any atom is 0.178 e. The Morgan fingerprint density at radius 1 is 0.962 bits per heavy atom. The van der Waals surface area contributed by atoms with Gasteiger partial charge in [-0.2, -0.15) is 4.52 Å². The lowest BCUT2D eigenvalue weighted by molar-refractivity contribution is 0.475. The van der Waals surface area contributed by atoms with E-state index < -0.39 is 0 Å². The molecule has 3 N–H and O–H groups in total. The molecule has 0 fully saturated rings. The lowest BCUT2D eigenvalue weighted by Crippen LogP contribution is -2.07. The van der Waals surface area contributed by atoms with Crippen molar-refractivity contribution in [2.45, 2.75) is 6.54 Å². The summed E-state index contributed by atoms with van der Waals surface area (Å²) in [6.45, 7) is 0.444. The van der Waals surface area contributed by atoms with E-state index in [1.165, 1.54) is 0 Å². The first kappa shape index (κ1) is 16.2. The average Bonchev–Trinajstić information content (AvgIpc) is 3.04. The number of phenolic OH excluding ortho intramolecular Hbond substituents is 1. The fraction of sp³-hybridized carbons (Fsp3) is 0.0556. The molecule has 0 bridgehead atoms. The Morgan fingerprint density at radius 2 is 1.81 bits per heavy atom. The Bertz CT molecular complexity index is 1050. The fourth-order valence-electron chi connectivity index (χ4n) is 2.48. The zero-order chi connectivity index (χ0) is 17.9. The lowest BCUT2D eigenvalue weighted by atomic mass is 10.3. The van der Waals surface area contributed by atoms with Gasteiger partial charge in [0.25, 0.3) is 0 Å². The Hall–Kier alpha value is -3.32. The monoisotopic (exact) mass is 366 g/mol. The van der Waals surface area contributed by atoms with Crippen LogP contribution in [0.5, 0.6) is 5.75 Å². The van der Waals surface area contributed by atoms with E-state index in [9.17, 15) is 5.11 Å². The van der Waals surface area contributed by atoms with Gasteiger partial charge in [0, 0.05) is 16.4 Å². The fourth-order valence-corrected chi connectivity index (χ4v) is 2.68. The number of phenols is 1. The summed E-state index contributed by atoms with van der Waals surface area (Å²) >= 11 is 6.01. The van der Waals surface area contributed by atoms with Crippen LogP contribution < -0.4 is 10.6 Å². The molecule has 26 heavy (non-hydrogen) atoms. The second-order valence-corrected chi connectivity index (χ2v) is 6.08. The van der Waals surface area contributed by atoms with Crippen molar-refractivity contribution < 1.29 is 5.11 Å². The molecular weight excluding hydrogens is 352 g/mol. The minimum atomic E-state index is 0.224. The first-order valence-corrected chi connectivity index (χ1v) is 8.32. The van der Waals surface area contributed by atoms with E-state index in [-0.39, 0.29) is 5.75 Å². The molecule has 0 aliphatic carbocycles. The third kappa shape index (κ3) is 3.52. The molecule has 2 aromatic heterocycles. The Kier molecular flexibility index (Phi) is 4.28. The van der Waals surface area contributed by atoms with Crippen LogP contribution in [0.25, 0.3) is 5.65 Å². The predicted octanol–water partition coefficient (Wildman–Crippen LogP) is 3.84. The maximum absolute atomic E-state index is 9.34. The molecule has 4 rings (SSSR count). The highest BCUT2D eigenvalue weighted by Gasteiger charge is 2.08. The molecular formula is C18H15ClN6O. The van der Waals surface area contributed by atoms with Crippen LogP contribution in [-0.2, 0) is 6.54 Å². The van der Waals surface area contributed by atoms with Gasteiger partial charge >= 0.3 is 0 Å². The number of rotatable bonds is 5. The van der Waals surface area contributed by atoms with Gasteiger partial charge < -0.3 is 15.7 Å². The van der Waals surface area contributed by atoms with Gasteiger partial charge in [0.15, 0.2) is 17.3 Å². The molecule has 0 atom stereocenters.